The first-order valence-corrected chi connectivity index (χ1v) is 12.2. The Balaban J connectivity index is 1.12. The lowest BCUT2D eigenvalue weighted by Gasteiger charge is -2.56. The number of aromatic nitrogens is 1. The van der Waals surface area contributed by atoms with E-state index in [2.05, 4.69) is 15.8 Å². The Morgan fingerprint density at radius 1 is 1.06 bits per heavy atom. The highest BCUT2D eigenvalue weighted by molar-refractivity contribution is 5.98. The van der Waals surface area contributed by atoms with E-state index >= 15 is 0 Å². The molecule has 0 atom stereocenters. The first kappa shape index (κ1) is 23.4. The van der Waals surface area contributed by atoms with Crippen LogP contribution in [-0.4, -0.2) is 35.2 Å². The summed E-state index contributed by atoms with van der Waals surface area (Å²) in [5.41, 5.74) is 1.50. The number of carbonyl (C=O) groups excluding carboxylic acids is 3. The summed E-state index contributed by atoms with van der Waals surface area (Å²) in [5.74, 6) is 1.61. The maximum absolute atomic E-state index is 12.6. The number of amides is 3. The van der Waals surface area contributed by atoms with E-state index in [1.807, 2.05) is 6.92 Å². The highest BCUT2D eigenvalue weighted by Gasteiger charge is 2.51. The highest BCUT2D eigenvalue weighted by Crippen LogP contribution is 2.55. The molecule has 6 rings (SSSR count). The maximum Gasteiger partial charge on any atom is 0.342 e. The Kier molecular flexibility index (Phi) is 6.25. The minimum absolute atomic E-state index is 0.177. The van der Waals surface area contributed by atoms with E-state index in [9.17, 15) is 14.4 Å². The second-order valence-corrected chi connectivity index (χ2v) is 10.4. The predicted molar refractivity (Wildman–Crippen MR) is 125 cm³/mol. The Labute approximate surface area is 203 Å². The third-order valence-corrected chi connectivity index (χ3v) is 7.66. The fourth-order valence-corrected chi connectivity index (χ4v) is 6.53. The van der Waals surface area contributed by atoms with Crippen LogP contribution in [0.2, 0.25) is 0 Å². The molecule has 2 aromatic rings. The van der Waals surface area contributed by atoms with E-state index in [4.69, 9.17) is 14.0 Å². The van der Waals surface area contributed by atoms with Crippen molar-refractivity contribution in [3.8, 4) is 5.75 Å². The molecule has 4 bridgehead atoms. The average molecular weight is 482 g/mol. The molecule has 4 saturated carbocycles. The van der Waals surface area contributed by atoms with E-state index < -0.39 is 24.5 Å². The van der Waals surface area contributed by atoms with Gasteiger partial charge < -0.3 is 19.3 Å². The smallest absolute Gasteiger partial charge is 0.342 e. The zero-order valence-corrected chi connectivity index (χ0v) is 20.1. The van der Waals surface area contributed by atoms with Crippen LogP contribution >= 0.6 is 0 Å². The number of carbonyl (C=O) groups is 3. The number of nitrogens with one attached hydrogen (secondary N) is 2. The van der Waals surface area contributed by atoms with Gasteiger partial charge in [0.05, 0.1) is 11.3 Å². The summed E-state index contributed by atoms with van der Waals surface area (Å²) in [7, 11) is 0. The number of hydrogen-bond donors (Lipinski definition) is 2. The minimum Gasteiger partial charge on any atom is -0.488 e. The predicted octanol–water partition coefficient (Wildman–Crippen LogP) is 3.82. The van der Waals surface area contributed by atoms with Gasteiger partial charge in [0.2, 0.25) is 0 Å². The molecule has 0 aliphatic heterocycles. The molecule has 0 saturated heterocycles. The number of rotatable bonds is 7. The van der Waals surface area contributed by atoms with Gasteiger partial charge in [-0.25, -0.2) is 9.59 Å². The fraction of sp³-hybridized carbons (Fsp3) is 0.538. The van der Waals surface area contributed by atoms with Crippen LogP contribution in [0.15, 0.2) is 28.8 Å². The van der Waals surface area contributed by atoms with Crippen molar-refractivity contribution in [3.05, 3.63) is 46.8 Å². The number of hydrogen-bond acceptors (Lipinski definition) is 7. The van der Waals surface area contributed by atoms with E-state index in [0.29, 0.717) is 35.0 Å². The zero-order chi connectivity index (χ0) is 24.6. The van der Waals surface area contributed by atoms with Crippen LogP contribution in [0.25, 0.3) is 0 Å². The normalized spacial score (nSPS) is 26.3. The number of nitrogens with zero attached hydrogens (tertiary/aromatic N) is 1. The quantitative estimate of drug-likeness (QED) is 0.577. The first-order chi connectivity index (χ1) is 16.8. The van der Waals surface area contributed by atoms with Gasteiger partial charge in [-0.2, -0.15) is 0 Å². The van der Waals surface area contributed by atoms with Crippen LogP contribution in [-0.2, 0) is 16.1 Å². The van der Waals surface area contributed by atoms with Crippen LogP contribution in [0.4, 0.5) is 4.79 Å². The summed E-state index contributed by atoms with van der Waals surface area (Å²) >= 11 is 0. The molecular formula is C26H31N3O6. The van der Waals surface area contributed by atoms with Gasteiger partial charge in [-0.05, 0) is 82.3 Å². The van der Waals surface area contributed by atoms with Crippen LogP contribution < -0.4 is 15.4 Å². The summed E-state index contributed by atoms with van der Waals surface area (Å²) < 4.78 is 16.1. The molecule has 4 aliphatic rings. The van der Waals surface area contributed by atoms with Gasteiger partial charge in [0, 0.05) is 5.54 Å². The molecule has 0 unspecified atom stereocenters. The van der Waals surface area contributed by atoms with Crippen molar-refractivity contribution in [3.63, 3.8) is 0 Å². The van der Waals surface area contributed by atoms with Gasteiger partial charge in [-0.1, -0.05) is 17.3 Å². The number of benzene rings is 1. The van der Waals surface area contributed by atoms with Crippen LogP contribution in [0.1, 0.15) is 65.9 Å². The van der Waals surface area contributed by atoms with Crippen molar-refractivity contribution < 1.29 is 28.4 Å². The molecule has 2 N–H and O–H groups in total. The molecule has 35 heavy (non-hydrogen) atoms. The molecular weight excluding hydrogens is 450 g/mol. The number of aryl methyl sites for hydroxylation is 2. The Morgan fingerprint density at radius 3 is 2.34 bits per heavy atom. The van der Waals surface area contributed by atoms with Crippen molar-refractivity contribution in [2.24, 2.45) is 17.8 Å². The largest absolute Gasteiger partial charge is 0.488 e. The van der Waals surface area contributed by atoms with E-state index in [-0.39, 0.29) is 17.7 Å². The lowest BCUT2D eigenvalue weighted by atomic mass is 9.53. The Bertz CT molecular complexity index is 1090. The summed E-state index contributed by atoms with van der Waals surface area (Å²) in [6.45, 7) is 3.21. The molecule has 1 aromatic heterocycles. The molecule has 3 amide bonds. The Hall–Kier alpha value is -3.36. The number of para-hydroxylation sites is 1. The first-order valence-electron chi connectivity index (χ1n) is 12.2. The van der Waals surface area contributed by atoms with E-state index in [0.717, 1.165) is 24.8 Å². The highest BCUT2D eigenvalue weighted by atomic mass is 16.5. The summed E-state index contributed by atoms with van der Waals surface area (Å²) in [6.07, 6.45) is 6.75. The van der Waals surface area contributed by atoms with Crippen molar-refractivity contribution in [1.29, 1.82) is 0 Å². The third kappa shape index (κ3) is 5.04. The number of esters is 1. The van der Waals surface area contributed by atoms with Gasteiger partial charge >= 0.3 is 12.0 Å². The standard InChI is InChI=1S/C26H31N3O6/c1-15-21(16(2)35-29-15)13-33-22-6-4-3-5-20(22)24(31)34-14-23(30)27-25(32)28-26-10-17-7-18(11-26)9-19(8-17)12-26/h3-6,17-19H,7-14H2,1-2H3,(H2,27,28,30,32). The van der Waals surface area contributed by atoms with Crippen LogP contribution in [0, 0.1) is 31.6 Å². The average Bonchev–Trinajstić information content (AvgIpc) is 3.12. The van der Waals surface area contributed by atoms with Gasteiger partial charge in [0.1, 0.15) is 23.7 Å². The van der Waals surface area contributed by atoms with E-state index in [1.54, 1.807) is 31.2 Å². The van der Waals surface area contributed by atoms with Crippen LogP contribution in [0.5, 0.6) is 5.75 Å². The summed E-state index contributed by atoms with van der Waals surface area (Å²) in [4.78, 5) is 37.5. The molecule has 9 nitrogen and oxygen atoms in total. The summed E-state index contributed by atoms with van der Waals surface area (Å²) in [5, 5.41) is 9.29. The minimum atomic E-state index is -0.712. The number of ether oxygens (including phenoxy) is 2. The molecule has 1 aromatic carbocycles. The monoisotopic (exact) mass is 481 g/mol. The van der Waals surface area contributed by atoms with Gasteiger partial charge in [0.25, 0.3) is 5.91 Å². The molecule has 4 fully saturated rings. The summed E-state index contributed by atoms with van der Waals surface area (Å²) in [6, 6.07) is 6.10. The molecule has 186 valence electrons. The fourth-order valence-electron chi connectivity index (χ4n) is 6.53. The second-order valence-electron chi connectivity index (χ2n) is 10.4. The second kappa shape index (κ2) is 9.36. The zero-order valence-electron chi connectivity index (χ0n) is 20.1. The molecule has 4 aliphatic carbocycles. The van der Waals surface area contributed by atoms with Crippen molar-refractivity contribution in [2.75, 3.05) is 6.61 Å². The molecule has 0 spiro atoms. The SMILES string of the molecule is Cc1noc(C)c1COc1ccccc1C(=O)OCC(=O)NC(=O)NC12CC3CC(CC(C3)C1)C2. The number of imide groups is 1. The lowest BCUT2D eigenvalue weighted by molar-refractivity contribution is -0.123. The number of urea groups is 1. The topological polar surface area (TPSA) is 120 Å². The third-order valence-electron chi connectivity index (χ3n) is 7.66. The van der Waals surface area contributed by atoms with Gasteiger partial charge in [-0.15, -0.1) is 0 Å². The molecule has 9 heteroatoms. The molecule has 0 radical (unpaired) electrons. The van der Waals surface area contributed by atoms with E-state index in [1.165, 1.54) is 19.3 Å². The van der Waals surface area contributed by atoms with Crippen LogP contribution in [0.3, 0.4) is 0 Å². The van der Waals surface area contributed by atoms with Crippen molar-refractivity contribution in [1.82, 2.24) is 15.8 Å². The lowest BCUT2D eigenvalue weighted by Crippen LogP contribution is -2.62. The van der Waals surface area contributed by atoms with Crippen molar-refractivity contribution >= 4 is 17.9 Å². The maximum atomic E-state index is 12.6. The molecule has 1 heterocycles. The van der Waals surface area contributed by atoms with Gasteiger partial charge in [0.15, 0.2) is 6.61 Å². The van der Waals surface area contributed by atoms with Gasteiger partial charge in [-0.3, -0.25) is 10.1 Å². The Morgan fingerprint density at radius 2 is 1.71 bits per heavy atom. The van der Waals surface area contributed by atoms with Crippen molar-refractivity contribution in [2.45, 2.75) is 64.5 Å².